The van der Waals surface area contributed by atoms with Crippen LogP contribution in [0.3, 0.4) is 0 Å². The van der Waals surface area contributed by atoms with Crippen molar-refractivity contribution in [3.8, 4) is 0 Å². The molecule has 0 bridgehead atoms. The zero-order valence-electron chi connectivity index (χ0n) is 16.1. The van der Waals surface area contributed by atoms with Gasteiger partial charge < -0.3 is 21.1 Å². The fraction of sp³-hybridized carbons (Fsp3) is 0.526. The van der Waals surface area contributed by atoms with Gasteiger partial charge in [-0.3, -0.25) is 4.79 Å². The van der Waals surface area contributed by atoms with Crippen LogP contribution in [0.2, 0.25) is 0 Å². The fourth-order valence-electron chi connectivity index (χ4n) is 2.21. The van der Waals surface area contributed by atoms with Crippen LogP contribution >= 0.6 is 0 Å². The summed E-state index contributed by atoms with van der Waals surface area (Å²) in [4.78, 5) is 35.3. The average Bonchev–Trinajstić information content (AvgIpc) is 2.49. The van der Waals surface area contributed by atoms with Crippen LogP contribution in [0, 0.1) is 5.41 Å². The van der Waals surface area contributed by atoms with Gasteiger partial charge in [0.25, 0.3) is 5.91 Å². The van der Waals surface area contributed by atoms with Gasteiger partial charge in [-0.05, 0) is 56.4 Å². The zero-order valence-corrected chi connectivity index (χ0v) is 16.1. The number of nitrogens with one attached hydrogen (secondary N) is 3. The summed E-state index contributed by atoms with van der Waals surface area (Å²) in [6.45, 7) is 9.77. The number of carbonyl (C=O) groups excluding carboxylic acids is 2. The first-order valence-electron chi connectivity index (χ1n) is 8.69. The summed E-state index contributed by atoms with van der Waals surface area (Å²) in [7, 11) is 0. The third-order valence-corrected chi connectivity index (χ3v) is 3.61. The molecular weight excluding hydrogens is 334 g/mol. The maximum absolute atomic E-state index is 12.3. The highest BCUT2D eigenvalue weighted by Gasteiger charge is 2.23. The SMILES string of the molecule is CC(C)NC(=O)Nc1ccc(C(=O)NC(CCC(C)(C)C)C(=O)O)cc1. The van der Waals surface area contributed by atoms with Gasteiger partial charge in [-0.25, -0.2) is 9.59 Å². The summed E-state index contributed by atoms with van der Waals surface area (Å²) in [5.74, 6) is -1.50. The van der Waals surface area contributed by atoms with Crippen LogP contribution in [0.15, 0.2) is 24.3 Å². The van der Waals surface area contributed by atoms with Crippen LogP contribution in [-0.2, 0) is 4.79 Å². The molecule has 0 aliphatic heterocycles. The lowest BCUT2D eigenvalue weighted by Gasteiger charge is -2.21. The Hall–Kier alpha value is -2.57. The molecule has 0 radical (unpaired) electrons. The Kier molecular flexibility index (Phi) is 7.61. The summed E-state index contributed by atoms with van der Waals surface area (Å²) in [6, 6.07) is 5.04. The molecule has 0 saturated heterocycles. The van der Waals surface area contributed by atoms with E-state index in [0.717, 1.165) is 0 Å². The third kappa shape index (κ3) is 8.00. The first-order chi connectivity index (χ1) is 12.0. The number of amides is 3. The second kappa shape index (κ2) is 9.22. The van der Waals surface area contributed by atoms with Gasteiger partial charge in [0.15, 0.2) is 0 Å². The number of anilines is 1. The molecule has 26 heavy (non-hydrogen) atoms. The number of rotatable bonds is 7. The van der Waals surface area contributed by atoms with Crippen molar-refractivity contribution in [3.63, 3.8) is 0 Å². The summed E-state index contributed by atoms with van der Waals surface area (Å²) in [5.41, 5.74) is 0.867. The van der Waals surface area contributed by atoms with E-state index in [1.165, 1.54) is 0 Å². The molecule has 0 aromatic heterocycles. The van der Waals surface area contributed by atoms with E-state index in [4.69, 9.17) is 0 Å². The van der Waals surface area contributed by atoms with E-state index in [1.54, 1.807) is 24.3 Å². The smallest absolute Gasteiger partial charge is 0.326 e. The van der Waals surface area contributed by atoms with Gasteiger partial charge in [0, 0.05) is 17.3 Å². The monoisotopic (exact) mass is 363 g/mol. The molecule has 1 atom stereocenters. The molecule has 0 spiro atoms. The minimum atomic E-state index is -1.05. The topological polar surface area (TPSA) is 108 Å². The second-order valence-electron chi connectivity index (χ2n) is 7.79. The van der Waals surface area contributed by atoms with E-state index in [9.17, 15) is 19.5 Å². The Morgan fingerprint density at radius 1 is 1.04 bits per heavy atom. The van der Waals surface area contributed by atoms with Gasteiger partial charge in [0.1, 0.15) is 6.04 Å². The van der Waals surface area contributed by atoms with E-state index in [0.29, 0.717) is 24.1 Å². The maximum Gasteiger partial charge on any atom is 0.326 e. The predicted molar refractivity (Wildman–Crippen MR) is 101 cm³/mol. The molecule has 7 heteroatoms. The Bertz CT molecular complexity index is 633. The Balaban J connectivity index is 2.68. The van der Waals surface area contributed by atoms with Crippen molar-refractivity contribution in [2.45, 2.75) is 59.5 Å². The van der Waals surface area contributed by atoms with Crippen LogP contribution in [-0.4, -0.2) is 35.1 Å². The van der Waals surface area contributed by atoms with Crippen LogP contribution in [0.5, 0.6) is 0 Å². The minimum Gasteiger partial charge on any atom is -0.480 e. The van der Waals surface area contributed by atoms with Crippen LogP contribution < -0.4 is 16.0 Å². The second-order valence-corrected chi connectivity index (χ2v) is 7.79. The lowest BCUT2D eigenvalue weighted by molar-refractivity contribution is -0.139. The van der Waals surface area contributed by atoms with Gasteiger partial charge in [0.05, 0.1) is 0 Å². The quantitative estimate of drug-likeness (QED) is 0.596. The average molecular weight is 363 g/mol. The maximum atomic E-state index is 12.3. The zero-order chi connectivity index (χ0) is 19.9. The van der Waals surface area contributed by atoms with Crippen molar-refractivity contribution in [1.82, 2.24) is 10.6 Å². The number of carbonyl (C=O) groups is 3. The van der Waals surface area contributed by atoms with Crippen LogP contribution in [0.1, 0.15) is 57.8 Å². The van der Waals surface area contributed by atoms with Crippen molar-refractivity contribution in [2.24, 2.45) is 5.41 Å². The number of urea groups is 1. The highest BCUT2D eigenvalue weighted by atomic mass is 16.4. The molecule has 1 rings (SSSR count). The lowest BCUT2D eigenvalue weighted by Crippen LogP contribution is -2.41. The minimum absolute atomic E-state index is 0.0116. The first kappa shape index (κ1) is 21.5. The summed E-state index contributed by atoms with van der Waals surface area (Å²) in [6.07, 6.45) is 1.04. The number of carboxylic acids is 1. The molecule has 1 aromatic carbocycles. The van der Waals surface area contributed by atoms with Gasteiger partial charge in [0.2, 0.25) is 0 Å². The lowest BCUT2D eigenvalue weighted by atomic mass is 9.88. The summed E-state index contributed by atoms with van der Waals surface area (Å²) >= 11 is 0. The molecule has 0 aliphatic rings. The van der Waals surface area contributed by atoms with Crippen molar-refractivity contribution < 1.29 is 19.5 Å². The number of carboxylic acid groups (broad SMARTS) is 1. The summed E-state index contributed by atoms with van der Waals surface area (Å²) in [5, 5.41) is 17.2. The Morgan fingerprint density at radius 3 is 2.08 bits per heavy atom. The number of hydrogen-bond acceptors (Lipinski definition) is 3. The molecule has 0 aliphatic carbocycles. The van der Waals surface area contributed by atoms with E-state index in [1.807, 2.05) is 34.6 Å². The van der Waals surface area contributed by atoms with E-state index < -0.39 is 17.9 Å². The molecule has 4 N–H and O–H groups in total. The largest absolute Gasteiger partial charge is 0.480 e. The molecule has 0 saturated carbocycles. The first-order valence-corrected chi connectivity index (χ1v) is 8.69. The standard InChI is InChI=1S/C19H29N3O4/c1-12(2)20-18(26)21-14-8-6-13(7-9-14)16(23)22-15(17(24)25)10-11-19(3,4)5/h6-9,12,15H,10-11H2,1-5H3,(H,22,23)(H,24,25)(H2,20,21,26). The number of benzene rings is 1. The molecule has 0 heterocycles. The molecule has 0 fully saturated rings. The van der Waals surface area contributed by atoms with Crippen molar-refractivity contribution in [1.29, 1.82) is 0 Å². The van der Waals surface area contributed by atoms with Crippen molar-refractivity contribution in [3.05, 3.63) is 29.8 Å². The fourth-order valence-corrected chi connectivity index (χ4v) is 2.21. The van der Waals surface area contributed by atoms with E-state index >= 15 is 0 Å². The van der Waals surface area contributed by atoms with Crippen LogP contribution in [0.25, 0.3) is 0 Å². The predicted octanol–water partition coefficient (Wildman–Crippen LogP) is 3.23. The van der Waals surface area contributed by atoms with Crippen molar-refractivity contribution in [2.75, 3.05) is 5.32 Å². The van der Waals surface area contributed by atoms with Gasteiger partial charge in [-0.2, -0.15) is 0 Å². The van der Waals surface area contributed by atoms with Gasteiger partial charge >= 0.3 is 12.0 Å². The van der Waals surface area contributed by atoms with Crippen LogP contribution in [0.4, 0.5) is 10.5 Å². The third-order valence-electron chi connectivity index (χ3n) is 3.61. The molecule has 1 aromatic rings. The van der Waals surface area contributed by atoms with E-state index in [2.05, 4.69) is 16.0 Å². The molecule has 144 valence electrons. The molecular formula is C19H29N3O4. The summed E-state index contributed by atoms with van der Waals surface area (Å²) < 4.78 is 0. The van der Waals surface area contributed by atoms with Crippen molar-refractivity contribution >= 4 is 23.6 Å². The highest BCUT2D eigenvalue weighted by molar-refractivity contribution is 5.97. The highest BCUT2D eigenvalue weighted by Crippen LogP contribution is 2.22. The normalized spacial score (nSPS) is 12.4. The Morgan fingerprint density at radius 2 is 1.62 bits per heavy atom. The molecule has 1 unspecified atom stereocenters. The Labute approximate surface area is 154 Å². The number of aliphatic carboxylic acids is 1. The van der Waals surface area contributed by atoms with Gasteiger partial charge in [-0.1, -0.05) is 20.8 Å². The number of hydrogen-bond donors (Lipinski definition) is 4. The molecule has 3 amide bonds. The van der Waals surface area contributed by atoms with Gasteiger partial charge in [-0.15, -0.1) is 0 Å². The molecule has 7 nitrogen and oxygen atoms in total. The van der Waals surface area contributed by atoms with E-state index in [-0.39, 0.29) is 17.5 Å².